The van der Waals surface area contributed by atoms with E-state index >= 15 is 0 Å². The highest BCUT2D eigenvalue weighted by atomic mass is 32.2. The fourth-order valence-corrected chi connectivity index (χ4v) is 4.94. The van der Waals surface area contributed by atoms with Crippen molar-refractivity contribution in [1.82, 2.24) is 9.29 Å². The molecular formula is C25H24N2O4S. The van der Waals surface area contributed by atoms with Crippen molar-refractivity contribution in [3.63, 3.8) is 0 Å². The molecule has 7 heteroatoms. The van der Waals surface area contributed by atoms with Gasteiger partial charge < -0.3 is 9.72 Å². The molecule has 3 aromatic carbocycles. The van der Waals surface area contributed by atoms with Crippen LogP contribution in [0.2, 0.25) is 0 Å². The third-order valence-electron chi connectivity index (χ3n) is 5.34. The lowest BCUT2D eigenvalue weighted by atomic mass is 10.1. The Kier molecular flexibility index (Phi) is 6.12. The lowest BCUT2D eigenvalue weighted by Crippen LogP contribution is -2.32. The second-order valence-corrected chi connectivity index (χ2v) is 9.59. The highest BCUT2D eigenvalue weighted by molar-refractivity contribution is 7.89. The van der Waals surface area contributed by atoms with Crippen molar-refractivity contribution in [3.8, 4) is 5.75 Å². The number of pyridine rings is 1. The van der Waals surface area contributed by atoms with Crippen LogP contribution in [0, 0.1) is 6.92 Å². The zero-order valence-electron chi connectivity index (χ0n) is 17.9. The van der Waals surface area contributed by atoms with Crippen LogP contribution >= 0.6 is 0 Å². The molecule has 0 aliphatic carbocycles. The molecule has 4 rings (SSSR count). The van der Waals surface area contributed by atoms with Crippen molar-refractivity contribution < 1.29 is 13.2 Å². The van der Waals surface area contributed by atoms with E-state index in [1.54, 1.807) is 49.6 Å². The van der Waals surface area contributed by atoms with E-state index in [0.717, 1.165) is 16.5 Å². The van der Waals surface area contributed by atoms with Crippen LogP contribution in [0.3, 0.4) is 0 Å². The topological polar surface area (TPSA) is 79.5 Å². The van der Waals surface area contributed by atoms with Crippen LogP contribution in [0.1, 0.15) is 16.7 Å². The molecule has 0 unspecified atom stereocenters. The molecule has 164 valence electrons. The van der Waals surface area contributed by atoms with Crippen LogP contribution in [0.5, 0.6) is 5.75 Å². The standard InChI is InChI=1S/C25H24N2O4S/c1-18-8-11-23(12-9-18)32(29,30)27(16-19-6-4-3-5-7-19)17-21-14-20-15-22(31-2)10-13-24(20)26-25(21)28/h3-15H,16-17H2,1-2H3,(H,26,28). The van der Waals surface area contributed by atoms with Crippen molar-refractivity contribution in [2.45, 2.75) is 24.9 Å². The summed E-state index contributed by atoms with van der Waals surface area (Å²) in [4.78, 5) is 15.8. The van der Waals surface area contributed by atoms with Gasteiger partial charge in [0.1, 0.15) is 5.75 Å². The molecular weight excluding hydrogens is 424 g/mol. The maximum absolute atomic E-state index is 13.5. The first-order valence-corrected chi connectivity index (χ1v) is 11.6. The van der Waals surface area contributed by atoms with Gasteiger partial charge in [0, 0.05) is 29.6 Å². The Bertz CT molecular complexity index is 1400. The summed E-state index contributed by atoms with van der Waals surface area (Å²) >= 11 is 0. The number of methoxy groups -OCH3 is 1. The van der Waals surface area contributed by atoms with Crippen LogP contribution in [0.25, 0.3) is 10.9 Å². The van der Waals surface area contributed by atoms with Gasteiger partial charge in [-0.15, -0.1) is 0 Å². The van der Waals surface area contributed by atoms with Gasteiger partial charge in [-0.25, -0.2) is 8.42 Å². The Hall–Kier alpha value is -3.42. The van der Waals surface area contributed by atoms with Gasteiger partial charge in [-0.05, 0) is 48.9 Å². The molecule has 0 amide bonds. The molecule has 1 aromatic heterocycles. The molecule has 1 heterocycles. The first-order valence-electron chi connectivity index (χ1n) is 10.2. The van der Waals surface area contributed by atoms with Gasteiger partial charge in [-0.2, -0.15) is 4.31 Å². The molecule has 0 bridgehead atoms. The third kappa shape index (κ3) is 4.59. The Balaban J connectivity index is 1.77. The molecule has 0 fully saturated rings. The molecule has 0 atom stereocenters. The number of hydrogen-bond donors (Lipinski definition) is 1. The average molecular weight is 449 g/mol. The summed E-state index contributed by atoms with van der Waals surface area (Å²) in [6.07, 6.45) is 0. The van der Waals surface area contributed by atoms with Crippen molar-refractivity contribution in [2.24, 2.45) is 0 Å². The summed E-state index contributed by atoms with van der Waals surface area (Å²) in [5.41, 5.74) is 2.51. The monoisotopic (exact) mass is 448 g/mol. The fraction of sp³-hybridized carbons (Fsp3) is 0.160. The van der Waals surface area contributed by atoms with Gasteiger partial charge in [0.25, 0.3) is 5.56 Å². The van der Waals surface area contributed by atoms with Gasteiger partial charge in [0.15, 0.2) is 0 Å². The molecule has 0 spiro atoms. The lowest BCUT2D eigenvalue weighted by molar-refractivity contribution is 0.399. The molecule has 6 nitrogen and oxygen atoms in total. The van der Waals surface area contributed by atoms with Crippen molar-refractivity contribution in [1.29, 1.82) is 0 Å². The second kappa shape index (κ2) is 8.98. The Morgan fingerprint density at radius 2 is 1.62 bits per heavy atom. The third-order valence-corrected chi connectivity index (χ3v) is 7.14. The maximum Gasteiger partial charge on any atom is 0.252 e. The van der Waals surface area contributed by atoms with E-state index in [9.17, 15) is 13.2 Å². The van der Waals surface area contributed by atoms with Crippen LogP contribution in [0.15, 0.2) is 88.6 Å². The lowest BCUT2D eigenvalue weighted by Gasteiger charge is -2.22. The van der Waals surface area contributed by atoms with Crippen LogP contribution in [-0.2, 0) is 23.1 Å². The number of hydrogen-bond acceptors (Lipinski definition) is 4. The van der Waals surface area contributed by atoms with Gasteiger partial charge in [-0.1, -0.05) is 48.0 Å². The maximum atomic E-state index is 13.5. The minimum absolute atomic E-state index is 0.0619. The summed E-state index contributed by atoms with van der Waals surface area (Å²) < 4.78 is 33.7. The Morgan fingerprint density at radius 3 is 2.31 bits per heavy atom. The van der Waals surface area contributed by atoms with E-state index in [2.05, 4.69) is 4.98 Å². The molecule has 0 aliphatic rings. The largest absolute Gasteiger partial charge is 0.497 e. The van der Waals surface area contributed by atoms with Crippen molar-refractivity contribution in [3.05, 3.63) is 106 Å². The minimum atomic E-state index is -3.84. The number of aromatic nitrogens is 1. The van der Waals surface area contributed by atoms with Gasteiger partial charge in [0.2, 0.25) is 10.0 Å². The first-order chi connectivity index (χ1) is 15.4. The summed E-state index contributed by atoms with van der Waals surface area (Å²) in [5.74, 6) is 0.656. The van der Waals surface area contributed by atoms with Crippen molar-refractivity contribution in [2.75, 3.05) is 7.11 Å². The van der Waals surface area contributed by atoms with Gasteiger partial charge in [0.05, 0.1) is 12.0 Å². The second-order valence-electron chi connectivity index (χ2n) is 7.65. The number of aryl methyl sites for hydroxylation is 1. The van der Waals surface area contributed by atoms with Crippen molar-refractivity contribution >= 4 is 20.9 Å². The number of rotatable bonds is 7. The minimum Gasteiger partial charge on any atom is -0.497 e. The number of nitrogens with zero attached hydrogens (tertiary/aromatic N) is 1. The van der Waals surface area contributed by atoms with E-state index in [-0.39, 0.29) is 23.5 Å². The number of fused-ring (bicyclic) bond motifs is 1. The summed E-state index contributed by atoms with van der Waals surface area (Å²) in [6.45, 7) is 1.99. The highest BCUT2D eigenvalue weighted by Gasteiger charge is 2.26. The zero-order chi connectivity index (χ0) is 22.7. The quantitative estimate of drug-likeness (QED) is 0.459. The molecule has 0 aliphatic heterocycles. The predicted octanol–water partition coefficient (Wildman–Crippen LogP) is 4.24. The van der Waals surface area contributed by atoms with Crippen LogP contribution < -0.4 is 10.3 Å². The fourth-order valence-electron chi connectivity index (χ4n) is 3.54. The Morgan fingerprint density at radius 1 is 0.906 bits per heavy atom. The summed E-state index contributed by atoms with van der Waals surface area (Å²) in [6, 6.07) is 23.1. The average Bonchev–Trinajstić information content (AvgIpc) is 2.79. The SMILES string of the molecule is COc1ccc2[nH]c(=O)c(CN(Cc3ccccc3)S(=O)(=O)c3ccc(C)cc3)cc2c1. The molecule has 0 radical (unpaired) electrons. The van der Waals surface area contributed by atoms with Gasteiger partial charge >= 0.3 is 0 Å². The van der Waals surface area contributed by atoms with Gasteiger partial charge in [-0.3, -0.25) is 4.79 Å². The predicted molar refractivity (Wildman–Crippen MR) is 125 cm³/mol. The summed E-state index contributed by atoms with van der Waals surface area (Å²) in [7, 11) is -2.27. The summed E-state index contributed by atoms with van der Waals surface area (Å²) in [5, 5.41) is 0.770. The number of aromatic amines is 1. The number of benzene rings is 3. The zero-order valence-corrected chi connectivity index (χ0v) is 18.7. The first kappa shape index (κ1) is 21.8. The number of H-pyrrole nitrogens is 1. The molecule has 4 aromatic rings. The number of nitrogens with one attached hydrogen (secondary N) is 1. The number of ether oxygens (including phenoxy) is 1. The van der Waals surface area contributed by atoms with E-state index in [0.29, 0.717) is 16.8 Å². The van der Waals surface area contributed by atoms with E-state index in [1.807, 2.05) is 43.3 Å². The van der Waals surface area contributed by atoms with E-state index in [4.69, 9.17) is 4.74 Å². The normalized spacial score (nSPS) is 11.7. The van der Waals surface area contributed by atoms with Crippen LogP contribution in [-0.4, -0.2) is 24.8 Å². The molecule has 1 N–H and O–H groups in total. The molecule has 32 heavy (non-hydrogen) atoms. The van der Waals surface area contributed by atoms with Crippen LogP contribution in [0.4, 0.5) is 0 Å². The molecule has 0 saturated carbocycles. The Labute approximate surface area is 187 Å². The van der Waals surface area contributed by atoms with E-state index < -0.39 is 10.0 Å². The van der Waals surface area contributed by atoms with E-state index in [1.165, 1.54) is 4.31 Å². The molecule has 0 saturated heterocycles. The number of sulfonamides is 1. The highest BCUT2D eigenvalue weighted by Crippen LogP contribution is 2.23. The smallest absolute Gasteiger partial charge is 0.252 e.